The summed E-state index contributed by atoms with van der Waals surface area (Å²) in [5, 5.41) is 22.4. The molecular formula is C38H65NO10. The van der Waals surface area contributed by atoms with Gasteiger partial charge >= 0.3 is 5.97 Å². The van der Waals surface area contributed by atoms with Crippen LogP contribution in [0.4, 0.5) is 0 Å². The van der Waals surface area contributed by atoms with E-state index >= 15 is 0 Å². The van der Waals surface area contributed by atoms with E-state index in [0.717, 1.165) is 5.57 Å². The Balaban J connectivity index is 1.84. The highest BCUT2D eigenvalue weighted by Crippen LogP contribution is 2.48. The second-order valence-electron chi connectivity index (χ2n) is 17.2. The fraction of sp³-hybridized carbons (Fsp3) is 0.895. The lowest BCUT2D eigenvalue weighted by Crippen LogP contribution is -2.59. The van der Waals surface area contributed by atoms with Crippen molar-refractivity contribution in [1.29, 1.82) is 0 Å². The molecule has 3 saturated heterocycles. The molecule has 11 heteroatoms. The first-order valence-corrected chi connectivity index (χ1v) is 18.3. The third kappa shape index (κ3) is 7.93. The maximum absolute atomic E-state index is 14.2. The number of esters is 1. The molecule has 4 aliphatic heterocycles. The van der Waals surface area contributed by atoms with Crippen molar-refractivity contribution in [3.63, 3.8) is 0 Å². The van der Waals surface area contributed by atoms with Gasteiger partial charge in [0.25, 0.3) is 0 Å². The van der Waals surface area contributed by atoms with Crippen LogP contribution in [0.5, 0.6) is 0 Å². The van der Waals surface area contributed by atoms with E-state index in [1.54, 1.807) is 6.92 Å². The van der Waals surface area contributed by atoms with Crippen molar-refractivity contribution in [1.82, 2.24) is 4.90 Å². The van der Waals surface area contributed by atoms with Crippen LogP contribution in [-0.4, -0.2) is 108 Å². The van der Waals surface area contributed by atoms with Gasteiger partial charge in [0, 0.05) is 24.8 Å². The van der Waals surface area contributed by atoms with Crippen LogP contribution in [0.2, 0.25) is 0 Å². The fourth-order valence-corrected chi connectivity index (χ4v) is 8.86. The van der Waals surface area contributed by atoms with Crippen LogP contribution in [0.1, 0.15) is 109 Å². The van der Waals surface area contributed by atoms with Gasteiger partial charge in [0.1, 0.15) is 29.7 Å². The number of hydrogen-bond donors (Lipinski definition) is 2. The molecule has 2 bridgehead atoms. The van der Waals surface area contributed by atoms with E-state index in [0.29, 0.717) is 31.4 Å². The summed E-state index contributed by atoms with van der Waals surface area (Å²) < 4.78 is 39.3. The maximum Gasteiger partial charge on any atom is 0.311 e. The number of fused-ring (bicyclic) bond motifs is 2. The highest BCUT2D eigenvalue weighted by Gasteiger charge is 2.55. The van der Waals surface area contributed by atoms with E-state index in [-0.39, 0.29) is 17.9 Å². The molecule has 49 heavy (non-hydrogen) atoms. The van der Waals surface area contributed by atoms with Gasteiger partial charge in [0.2, 0.25) is 0 Å². The molecule has 4 aliphatic rings. The molecule has 3 fully saturated rings. The van der Waals surface area contributed by atoms with Crippen molar-refractivity contribution < 1.29 is 48.2 Å². The molecule has 0 unspecified atom stereocenters. The third-order valence-electron chi connectivity index (χ3n) is 11.9. The largest absolute Gasteiger partial charge is 0.488 e. The summed E-state index contributed by atoms with van der Waals surface area (Å²) in [5.41, 5.74) is -1.56. The van der Waals surface area contributed by atoms with E-state index in [4.69, 9.17) is 28.4 Å². The first-order chi connectivity index (χ1) is 22.5. The van der Waals surface area contributed by atoms with E-state index in [1.807, 2.05) is 95.2 Å². The van der Waals surface area contributed by atoms with Crippen LogP contribution in [0, 0.1) is 28.6 Å². The Morgan fingerprint density at radius 3 is 2.16 bits per heavy atom. The lowest BCUT2D eigenvalue weighted by molar-refractivity contribution is -0.311. The monoisotopic (exact) mass is 695 g/mol. The summed E-state index contributed by atoms with van der Waals surface area (Å²) in [7, 11) is 3.85. The fourth-order valence-electron chi connectivity index (χ4n) is 8.86. The number of rotatable bonds is 6. The van der Waals surface area contributed by atoms with Crippen LogP contribution in [0.3, 0.4) is 0 Å². The number of hydrogen-bond acceptors (Lipinski definition) is 11. The van der Waals surface area contributed by atoms with Crippen LogP contribution >= 0.6 is 0 Å². The average Bonchev–Trinajstić information content (AvgIpc) is 3.33. The van der Waals surface area contributed by atoms with Gasteiger partial charge < -0.3 is 43.5 Å². The minimum Gasteiger partial charge on any atom is -0.488 e. The predicted molar refractivity (Wildman–Crippen MR) is 184 cm³/mol. The minimum atomic E-state index is -1.01. The van der Waals surface area contributed by atoms with E-state index in [1.165, 1.54) is 0 Å². The summed E-state index contributed by atoms with van der Waals surface area (Å²) in [5.74, 6) is -1.89. The standard InChI is InChI=1S/C38H65NO10/c1-15-26-37(10,11)31(41)21(4)29-19(2)17-38(12,49-29)33(48-35-28(40)25(39(13)14)16-20(3)44-35)22(5)30(23(6)34(43)46-26)47-27-18-36(8,9)32(42)24(7)45-27/h20-28,30,32-33,35,40,42H,15-18H2,1-14H3/t20-,21+,22+,23-,24+,25+,26-,27+,28-,30+,32+,33-,35+,38+/m1/s1. The highest BCUT2D eigenvalue weighted by atomic mass is 16.7. The normalized spacial score (nSPS) is 44.9. The number of carbonyl (C=O) groups is 2. The summed E-state index contributed by atoms with van der Waals surface area (Å²) in [6.45, 7) is 22.9. The van der Waals surface area contributed by atoms with E-state index < -0.39 is 89.4 Å². The SMILES string of the molecule is CC[C@H]1OC(=O)[C@H](C)[C@@H](O[C@H]2CC(C)(C)[C@@H](O)[C@H](C)O2)[C@H](C)[C@@H](O[C@@H]2O[C@H](C)C[C@H](N(C)C)[C@H]2O)[C@]2(C)CC(C)=C(O2)[C@H](C)C(=O)C1(C)C. The van der Waals surface area contributed by atoms with Crippen molar-refractivity contribution in [3.05, 3.63) is 11.3 Å². The Morgan fingerprint density at radius 2 is 1.59 bits per heavy atom. The number of nitrogens with zero attached hydrogens (tertiary/aromatic N) is 1. The number of likely N-dealkylation sites (N-methyl/N-ethyl adjacent to an activating group) is 1. The zero-order chi connectivity index (χ0) is 37.0. The smallest absolute Gasteiger partial charge is 0.311 e. The molecule has 0 spiro atoms. The van der Waals surface area contributed by atoms with Crippen LogP contribution in [0.15, 0.2) is 11.3 Å². The number of allylic oxidation sites excluding steroid dienone is 1. The first kappa shape index (κ1) is 40.2. The molecular weight excluding hydrogens is 630 g/mol. The van der Waals surface area contributed by atoms with E-state index in [2.05, 4.69) is 0 Å². The lowest BCUT2D eigenvalue weighted by Gasteiger charge is -2.48. The van der Waals surface area contributed by atoms with Crippen molar-refractivity contribution in [3.8, 4) is 0 Å². The molecule has 0 aliphatic carbocycles. The molecule has 0 saturated carbocycles. The molecule has 0 amide bonds. The quantitative estimate of drug-likeness (QED) is 0.364. The molecule has 4 rings (SSSR count). The Kier molecular flexibility index (Phi) is 12.1. The molecule has 282 valence electrons. The molecule has 11 nitrogen and oxygen atoms in total. The van der Waals surface area contributed by atoms with Crippen LogP contribution in [0.25, 0.3) is 0 Å². The second-order valence-corrected chi connectivity index (χ2v) is 17.2. The summed E-state index contributed by atoms with van der Waals surface area (Å²) in [4.78, 5) is 30.3. The number of carbonyl (C=O) groups excluding carboxylic acids is 2. The molecule has 14 atom stereocenters. The third-order valence-corrected chi connectivity index (χ3v) is 11.9. The number of aliphatic hydroxyl groups is 2. The molecule has 0 aromatic rings. The number of ketones is 1. The zero-order valence-corrected chi connectivity index (χ0v) is 32.4. The van der Waals surface area contributed by atoms with Crippen molar-refractivity contribution in [2.75, 3.05) is 14.1 Å². The number of aliphatic hydroxyl groups excluding tert-OH is 2. The highest BCUT2D eigenvalue weighted by molar-refractivity contribution is 5.89. The Hall–Kier alpha value is -1.60. The summed E-state index contributed by atoms with van der Waals surface area (Å²) in [6, 6.07) is -0.205. The summed E-state index contributed by atoms with van der Waals surface area (Å²) >= 11 is 0. The lowest BCUT2D eigenvalue weighted by atomic mass is 9.75. The molecule has 0 radical (unpaired) electrons. The maximum atomic E-state index is 14.2. The van der Waals surface area contributed by atoms with Gasteiger partial charge in [-0.3, -0.25) is 9.59 Å². The van der Waals surface area contributed by atoms with Gasteiger partial charge in [0.15, 0.2) is 18.4 Å². The van der Waals surface area contributed by atoms with Crippen LogP contribution < -0.4 is 0 Å². The second kappa shape index (κ2) is 14.8. The molecule has 0 aromatic carbocycles. The zero-order valence-electron chi connectivity index (χ0n) is 32.4. The summed E-state index contributed by atoms with van der Waals surface area (Å²) in [6.07, 6.45) is -4.35. The Morgan fingerprint density at radius 1 is 0.959 bits per heavy atom. The van der Waals surface area contributed by atoms with Gasteiger partial charge in [-0.1, -0.05) is 27.7 Å². The molecule has 0 aromatic heterocycles. The van der Waals surface area contributed by atoms with Crippen molar-refractivity contribution >= 4 is 11.8 Å². The van der Waals surface area contributed by atoms with Gasteiger partial charge in [-0.25, -0.2) is 0 Å². The van der Waals surface area contributed by atoms with Crippen molar-refractivity contribution in [2.24, 2.45) is 28.6 Å². The van der Waals surface area contributed by atoms with Gasteiger partial charge in [-0.05, 0) is 93.3 Å². The predicted octanol–water partition coefficient (Wildman–Crippen LogP) is 5.00. The van der Waals surface area contributed by atoms with E-state index in [9.17, 15) is 19.8 Å². The first-order valence-electron chi connectivity index (χ1n) is 18.3. The number of cyclic esters (lactones) is 1. The van der Waals surface area contributed by atoms with Gasteiger partial charge in [0.05, 0.1) is 41.7 Å². The minimum absolute atomic E-state index is 0.0740. The number of ether oxygens (including phenoxy) is 6. The Bertz CT molecular complexity index is 1230. The molecule has 4 heterocycles. The topological polar surface area (TPSA) is 133 Å². The average molecular weight is 696 g/mol. The van der Waals surface area contributed by atoms with Gasteiger partial charge in [-0.2, -0.15) is 0 Å². The Labute approximate surface area is 294 Å². The van der Waals surface area contributed by atoms with Crippen LogP contribution in [-0.2, 0) is 38.0 Å². The number of Topliss-reactive ketones (excluding diaryl/α,β-unsaturated/α-hetero) is 1. The van der Waals surface area contributed by atoms with Crippen molar-refractivity contribution in [2.45, 2.75) is 176 Å². The van der Waals surface area contributed by atoms with Gasteiger partial charge in [-0.15, -0.1) is 0 Å². The molecule has 2 N–H and O–H groups in total.